The van der Waals surface area contributed by atoms with Gasteiger partial charge in [-0.15, -0.1) is 0 Å². The molecule has 0 fully saturated rings. The van der Waals surface area contributed by atoms with Gasteiger partial charge in [-0.05, 0) is 27.4 Å². The highest BCUT2D eigenvalue weighted by Gasteiger charge is 2.10. The fraction of sp³-hybridized carbons (Fsp3) is 0.154. The Balaban J connectivity index is 2.09. The SMILES string of the molecule is Brc1ccc2ccccc2c1NC1=NCCN1. The first-order valence-electron chi connectivity index (χ1n) is 5.57. The maximum atomic E-state index is 4.35. The number of aliphatic imine (C=N–C) groups is 1. The van der Waals surface area contributed by atoms with E-state index < -0.39 is 0 Å². The van der Waals surface area contributed by atoms with Crippen molar-refractivity contribution in [3.63, 3.8) is 0 Å². The van der Waals surface area contributed by atoms with Crippen LogP contribution in [0.1, 0.15) is 0 Å². The van der Waals surface area contributed by atoms with Crippen LogP contribution in [-0.2, 0) is 0 Å². The van der Waals surface area contributed by atoms with Gasteiger partial charge in [0.1, 0.15) is 0 Å². The molecule has 0 saturated heterocycles. The summed E-state index contributed by atoms with van der Waals surface area (Å²) >= 11 is 3.58. The largest absolute Gasteiger partial charge is 0.354 e. The van der Waals surface area contributed by atoms with Crippen molar-refractivity contribution in [3.8, 4) is 0 Å². The third-order valence-electron chi connectivity index (χ3n) is 2.80. The van der Waals surface area contributed by atoms with Crippen LogP contribution in [0.5, 0.6) is 0 Å². The van der Waals surface area contributed by atoms with E-state index in [-0.39, 0.29) is 0 Å². The quantitative estimate of drug-likeness (QED) is 0.847. The van der Waals surface area contributed by atoms with E-state index in [9.17, 15) is 0 Å². The lowest BCUT2D eigenvalue weighted by Gasteiger charge is -2.12. The lowest BCUT2D eigenvalue weighted by molar-refractivity contribution is 0.959. The Morgan fingerprint density at radius 1 is 1.18 bits per heavy atom. The minimum Gasteiger partial charge on any atom is -0.354 e. The molecule has 17 heavy (non-hydrogen) atoms. The van der Waals surface area contributed by atoms with Crippen molar-refractivity contribution < 1.29 is 0 Å². The lowest BCUT2D eigenvalue weighted by Crippen LogP contribution is -2.26. The summed E-state index contributed by atoms with van der Waals surface area (Å²) in [6.45, 7) is 1.75. The normalized spacial score (nSPS) is 14.5. The monoisotopic (exact) mass is 289 g/mol. The highest BCUT2D eigenvalue weighted by molar-refractivity contribution is 9.10. The molecule has 0 radical (unpaired) electrons. The van der Waals surface area contributed by atoms with E-state index in [1.54, 1.807) is 0 Å². The van der Waals surface area contributed by atoms with Gasteiger partial charge in [-0.1, -0.05) is 30.3 Å². The molecule has 0 amide bonds. The van der Waals surface area contributed by atoms with Gasteiger partial charge >= 0.3 is 0 Å². The van der Waals surface area contributed by atoms with Crippen LogP contribution in [-0.4, -0.2) is 19.0 Å². The van der Waals surface area contributed by atoms with Gasteiger partial charge in [0.05, 0.1) is 12.2 Å². The number of fused-ring (bicyclic) bond motifs is 1. The average molecular weight is 290 g/mol. The molecule has 0 atom stereocenters. The van der Waals surface area contributed by atoms with Crippen LogP contribution in [0.3, 0.4) is 0 Å². The van der Waals surface area contributed by atoms with E-state index in [0.717, 1.165) is 29.2 Å². The molecule has 1 aliphatic rings. The van der Waals surface area contributed by atoms with E-state index in [0.29, 0.717) is 0 Å². The summed E-state index contributed by atoms with van der Waals surface area (Å²) in [5, 5.41) is 8.97. The van der Waals surface area contributed by atoms with Gasteiger partial charge in [0, 0.05) is 16.4 Å². The van der Waals surface area contributed by atoms with Gasteiger partial charge in [-0.2, -0.15) is 0 Å². The van der Waals surface area contributed by atoms with Crippen molar-refractivity contribution in [2.24, 2.45) is 4.99 Å². The molecule has 86 valence electrons. The average Bonchev–Trinajstić information content (AvgIpc) is 2.86. The first-order chi connectivity index (χ1) is 8.34. The molecule has 0 aromatic heterocycles. The maximum absolute atomic E-state index is 4.35. The van der Waals surface area contributed by atoms with E-state index >= 15 is 0 Å². The molecule has 4 heteroatoms. The number of rotatable bonds is 1. The van der Waals surface area contributed by atoms with Crippen LogP contribution in [0, 0.1) is 0 Å². The lowest BCUT2D eigenvalue weighted by atomic mass is 10.1. The Labute approximate surface area is 108 Å². The number of halogens is 1. The molecule has 0 saturated carbocycles. The molecular weight excluding hydrogens is 278 g/mol. The number of guanidine groups is 1. The molecule has 3 rings (SSSR count). The van der Waals surface area contributed by atoms with Gasteiger partial charge in [0.2, 0.25) is 0 Å². The Morgan fingerprint density at radius 2 is 2.06 bits per heavy atom. The second-order valence-electron chi connectivity index (χ2n) is 3.93. The molecule has 0 unspecified atom stereocenters. The number of anilines is 1. The van der Waals surface area contributed by atoms with Gasteiger partial charge in [-0.25, -0.2) is 0 Å². The molecule has 1 heterocycles. The Bertz CT molecular complexity index is 592. The van der Waals surface area contributed by atoms with E-state index in [4.69, 9.17) is 0 Å². The Morgan fingerprint density at radius 3 is 2.88 bits per heavy atom. The molecule has 2 N–H and O–H groups in total. The summed E-state index contributed by atoms with van der Waals surface area (Å²) in [5.41, 5.74) is 1.07. The van der Waals surface area contributed by atoms with Crippen LogP contribution in [0.25, 0.3) is 10.8 Å². The molecule has 2 aromatic carbocycles. The number of nitrogens with zero attached hydrogens (tertiary/aromatic N) is 1. The predicted octanol–water partition coefficient (Wildman–Crippen LogP) is 2.97. The Hall–Kier alpha value is -1.55. The van der Waals surface area contributed by atoms with Crippen molar-refractivity contribution in [1.82, 2.24) is 5.32 Å². The van der Waals surface area contributed by atoms with Crippen LogP contribution < -0.4 is 10.6 Å². The molecule has 1 aliphatic heterocycles. The summed E-state index contributed by atoms with van der Waals surface area (Å²) in [4.78, 5) is 4.35. The number of hydrogen-bond acceptors (Lipinski definition) is 3. The first kappa shape index (κ1) is 10.6. The number of hydrogen-bond donors (Lipinski definition) is 2. The third-order valence-corrected chi connectivity index (χ3v) is 3.46. The second-order valence-corrected chi connectivity index (χ2v) is 4.78. The van der Waals surface area contributed by atoms with Gasteiger partial charge in [0.25, 0.3) is 0 Å². The van der Waals surface area contributed by atoms with Crippen molar-refractivity contribution in [3.05, 3.63) is 40.9 Å². The standard InChI is InChI=1S/C13H12BrN3/c14-11-6-5-9-3-1-2-4-10(9)12(11)17-13-15-7-8-16-13/h1-6H,7-8H2,(H2,15,16,17). The Kier molecular flexibility index (Phi) is 2.73. The molecule has 3 nitrogen and oxygen atoms in total. The fourth-order valence-corrected chi connectivity index (χ4v) is 2.42. The van der Waals surface area contributed by atoms with Crippen LogP contribution in [0.4, 0.5) is 5.69 Å². The summed E-state index contributed by atoms with van der Waals surface area (Å²) in [6, 6.07) is 12.5. The number of nitrogens with one attached hydrogen (secondary N) is 2. The minimum atomic E-state index is 0.838. The molecule has 2 aromatic rings. The first-order valence-corrected chi connectivity index (χ1v) is 6.36. The zero-order valence-electron chi connectivity index (χ0n) is 9.20. The highest BCUT2D eigenvalue weighted by atomic mass is 79.9. The smallest absolute Gasteiger partial charge is 0.195 e. The van der Waals surface area contributed by atoms with Crippen molar-refractivity contribution in [2.75, 3.05) is 18.4 Å². The molecule has 0 aliphatic carbocycles. The van der Waals surface area contributed by atoms with Crippen molar-refractivity contribution in [2.45, 2.75) is 0 Å². The van der Waals surface area contributed by atoms with Gasteiger partial charge in [0.15, 0.2) is 5.96 Å². The third kappa shape index (κ3) is 2.00. The van der Waals surface area contributed by atoms with Crippen LogP contribution in [0.15, 0.2) is 45.9 Å². The van der Waals surface area contributed by atoms with E-state index in [1.807, 2.05) is 12.1 Å². The van der Waals surface area contributed by atoms with E-state index in [1.165, 1.54) is 10.8 Å². The topological polar surface area (TPSA) is 36.4 Å². The minimum absolute atomic E-state index is 0.838. The van der Waals surface area contributed by atoms with Crippen LogP contribution in [0.2, 0.25) is 0 Å². The van der Waals surface area contributed by atoms with E-state index in [2.05, 4.69) is 55.8 Å². The number of benzene rings is 2. The van der Waals surface area contributed by atoms with Gasteiger partial charge < -0.3 is 10.6 Å². The molecular formula is C13H12BrN3. The highest BCUT2D eigenvalue weighted by Crippen LogP contribution is 2.31. The maximum Gasteiger partial charge on any atom is 0.195 e. The predicted molar refractivity (Wildman–Crippen MR) is 75.6 cm³/mol. The second kappa shape index (κ2) is 4.37. The van der Waals surface area contributed by atoms with Crippen LogP contribution >= 0.6 is 15.9 Å². The molecule has 0 spiro atoms. The summed E-state index contributed by atoms with van der Waals surface area (Å²) < 4.78 is 1.05. The van der Waals surface area contributed by atoms with Crippen molar-refractivity contribution in [1.29, 1.82) is 0 Å². The molecule has 0 bridgehead atoms. The van der Waals surface area contributed by atoms with Gasteiger partial charge in [-0.3, -0.25) is 4.99 Å². The van der Waals surface area contributed by atoms with Crippen molar-refractivity contribution >= 4 is 38.3 Å². The zero-order valence-corrected chi connectivity index (χ0v) is 10.8. The summed E-state index contributed by atoms with van der Waals surface area (Å²) in [5.74, 6) is 0.849. The summed E-state index contributed by atoms with van der Waals surface area (Å²) in [6.07, 6.45) is 0. The zero-order chi connectivity index (χ0) is 11.7. The fourth-order valence-electron chi connectivity index (χ4n) is 1.97. The summed E-state index contributed by atoms with van der Waals surface area (Å²) in [7, 11) is 0.